The fraction of sp³-hybridized carbons (Fsp3) is 0.200. The second-order valence-electron chi connectivity index (χ2n) is 7.95. The summed E-state index contributed by atoms with van der Waals surface area (Å²) < 4.78 is 7.17. The van der Waals surface area contributed by atoms with Crippen molar-refractivity contribution in [3.05, 3.63) is 78.4 Å². The molecule has 3 N–H and O–H groups in total. The van der Waals surface area contributed by atoms with E-state index in [2.05, 4.69) is 43.4 Å². The van der Waals surface area contributed by atoms with Crippen molar-refractivity contribution in [3.8, 4) is 6.07 Å². The number of aromatic nitrogens is 4. The summed E-state index contributed by atoms with van der Waals surface area (Å²) in [7, 11) is 0. The lowest BCUT2D eigenvalue weighted by Gasteiger charge is -2.28. The zero-order valence-corrected chi connectivity index (χ0v) is 19.8. The number of rotatable bonds is 7. The average Bonchev–Trinajstić information content (AvgIpc) is 3.25. The zero-order chi connectivity index (χ0) is 24.0. The Hall–Kier alpha value is -4.07. The highest BCUT2D eigenvalue weighted by molar-refractivity contribution is 7.99. The van der Waals surface area contributed by atoms with Crippen molar-refractivity contribution >= 4 is 34.9 Å². The first-order chi connectivity index (χ1) is 17.2. The molecule has 0 radical (unpaired) electrons. The molecule has 1 aliphatic rings. The van der Waals surface area contributed by atoms with Gasteiger partial charge in [-0.25, -0.2) is 15.0 Å². The molecule has 4 aromatic rings. The van der Waals surface area contributed by atoms with E-state index in [9.17, 15) is 5.26 Å². The molecule has 5 rings (SSSR count). The lowest BCUT2D eigenvalue weighted by molar-refractivity contribution is 0.122. The maximum atomic E-state index is 9.24. The third kappa shape index (κ3) is 5.54. The number of anilines is 4. The van der Waals surface area contributed by atoms with E-state index in [1.165, 1.54) is 5.69 Å². The number of nitrogen functional groups attached to an aromatic ring is 1. The first-order valence-corrected chi connectivity index (χ1v) is 12.0. The van der Waals surface area contributed by atoms with Crippen LogP contribution in [0.15, 0.2) is 77.0 Å². The Morgan fingerprint density at radius 3 is 2.54 bits per heavy atom. The Bertz CT molecular complexity index is 1330. The van der Waals surface area contributed by atoms with Crippen molar-refractivity contribution in [3.63, 3.8) is 0 Å². The maximum absolute atomic E-state index is 9.24. The standard InChI is InChI=1S/C25H24N8OS/c26-15-22-24(27)29-17-33(22)16-18-1-7-21(8-2-18)35-23-9-10-28-25(31-23)30-19-3-5-20(6-4-19)32-11-13-34-14-12-32/h1-10,17H,11-14,16,27H2,(H,28,30,31). The maximum Gasteiger partial charge on any atom is 0.228 e. The number of nitrogens with two attached hydrogens (primary N) is 1. The molecule has 0 spiro atoms. The molecule has 0 atom stereocenters. The van der Waals surface area contributed by atoms with E-state index in [1.54, 1.807) is 28.9 Å². The van der Waals surface area contributed by atoms with E-state index < -0.39 is 0 Å². The molecule has 176 valence electrons. The fourth-order valence-corrected chi connectivity index (χ4v) is 4.56. The summed E-state index contributed by atoms with van der Waals surface area (Å²) >= 11 is 1.56. The molecule has 0 saturated carbocycles. The predicted molar refractivity (Wildman–Crippen MR) is 136 cm³/mol. The average molecular weight is 485 g/mol. The number of hydrogen-bond donors (Lipinski definition) is 2. The highest BCUT2D eigenvalue weighted by Gasteiger charge is 2.11. The number of imidazole rings is 1. The Balaban J connectivity index is 1.21. The Morgan fingerprint density at radius 2 is 1.80 bits per heavy atom. The SMILES string of the molecule is N#Cc1c(N)ncn1Cc1ccc(Sc2ccnc(Nc3ccc(N4CCOCC4)cc3)n2)cc1. The molecule has 0 bridgehead atoms. The van der Waals surface area contributed by atoms with Crippen LogP contribution in [0, 0.1) is 11.3 Å². The van der Waals surface area contributed by atoms with Gasteiger partial charge in [-0.15, -0.1) is 0 Å². The molecule has 9 nitrogen and oxygen atoms in total. The minimum absolute atomic E-state index is 0.251. The summed E-state index contributed by atoms with van der Waals surface area (Å²) in [5, 5.41) is 13.4. The van der Waals surface area contributed by atoms with Crippen LogP contribution in [-0.4, -0.2) is 45.8 Å². The number of ether oxygens (including phenoxy) is 1. The van der Waals surface area contributed by atoms with Crippen LogP contribution in [0.3, 0.4) is 0 Å². The van der Waals surface area contributed by atoms with Crippen molar-refractivity contribution in [1.29, 1.82) is 5.26 Å². The topological polar surface area (TPSA) is 118 Å². The highest BCUT2D eigenvalue weighted by Crippen LogP contribution is 2.28. The molecule has 1 fully saturated rings. The molecule has 1 saturated heterocycles. The van der Waals surface area contributed by atoms with E-state index in [1.807, 2.05) is 42.5 Å². The normalized spacial score (nSPS) is 13.4. The van der Waals surface area contributed by atoms with Crippen LogP contribution < -0.4 is 16.0 Å². The molecule has 1 aliphatic heterocycles. The number of nitrogens with zero attached hydrogens (tertiary/aromatic N) is 6. The Morgan fingerprint density at radius 1 is 1.03 bits per heavy atom. The van der Waals surface area contributed by atoms with Crippen LogP contribution in [0.4, 0.5) is 23.1 Å². The van der Waals surface area contributed by atoms with Crippen LogP contribution in [0.1, 0.15) is 11.3 Å². The van der Waals surface area contributed by atoms with Crippen LogP contribution in [0.25, 0.3) is 0 Å². The number of benzene rings is 2. The highest BCUT2D eigenvalue weighted by atomic mass is 32.2. The third-order valence-corrected chi connectivity index (χ3v) is 6.54. The second kappa shape index (κ2) is 10.5. The lowest BCUT2D eigenvalue weighted by Crippen LogP contribution is -2.36. The summed E-state index contributed by atoms with van der Waals surface area (Å²) in [5.74, 6) is 0.799. The molecule has 2 aromatic heterocycles. The zero-order valence-electron chi connectivity index (χ0n) is 19.0. The molecular formula is C25H24N8OS. The number of nitrogens with one attached hydrogen (secondary N) is 1. The van der Waals surface area contributed by atoms with Gasteiger partial charge in [-0.3, -0.25) is 0 Å². The lowest BCUT2D eigenvalue weighted by atomic mass is 10.2. The van der Waals surface area contributed by atoms with E-state index in [4.69, 9.17) is 10.5 Å². The van der Waals surface area contributed by atoms with Crippen molar-refractivity contribution < 1.29 is 4.74 Å². The number of nitriles is 1. The van der Waals surface area contributed by atoms with E-state index in [-0.39, 0.29) is 5.82 Å². The van der Waals surface area contributed by atoms with Crippen molar-refractivity contribution in [2.24, 2.45) is 0 Å². The summed E-state index contributed by atoms with van der Waals surface area (Å²) in [6.07, 6.45) is 3.34. The van der Waals surface area contributed by atoms with Crippen molar-refractivity contribution in [1.82, 2.24) is 19.5 Å². The number of hydrogen-bond acceptors (Lipinski definition) is 9. The first kappa shape index (κ1) is 22.7. The van der Waals surface area contributed by atoms with Gasteiger partial charge in [0.05, 0.1) is 19.5 Å². The van der Waals surface area contributed by atoms with Crippen LogP contribution in [0.2, 0.25) is 0 Å². The molecule has 2 aromatic carbocycles. The number of morpholine rings is 1. The van der Waals surface area contributed by atoms with Crippen molar-refractivity contribution in [2.75, 3.05) is 42.3 Å². The molecule has 0 amide bonds. The van der Waals surface area contributed by atoms with E-state index >= 15 is 0 Å². The summed E-state index contributed by atoms with van der Waals surface area (Å²) in [6, 6.07) is 20.4. The fourth-order valence-electron chi connectivity index (χ4n) is 3.79. The van der Waals surface area contributed by atoms with Gasteiger partial charge in [0.2, 0.25) is 5.95 Å². The van der Waals surface area contributed by atoms with Crippen LogP contribution >= 0.6 is 11.8 Å². The smallest absolute Gasteiger partial charge is 0.228 e. The molecule has 0 unspecified atom stereocenters. The largest absolute Gasteiger partial charge is 0.381 e. The summed E-state index contributed by atoms with van der Waals surface area (Å²) in [5.41, 5.74) is 9.28. The minimum Gasteiger partial charge on any atom is -0.381 e. The third-order valence-electron chi connectivity index (χ3n) is 5.60. The Labute approximate surface area is 207 Å². The molecular weight excluding hydrogens is 460 g/mol. The van der Waals surface area contributed by atoms with Crippen LogP contribution in [0.5, 0.6) is 0 Å². The van der Waals surface area contributed by atoms with Gasteiger partial charge in [0.25, 0.3) is 0 Å². The molecule has 3 heterocycles. The minimum atomic E-state index is 0.251. The van der Waals surface area contributed by atoms with Gasteiger partial charge in [0.15, 0.2) is 11.5 Å². The van der Waals surface area contributed by atoms with Crippen molar-refractivity contribution in [2.45, 2.75) is 16.5 Å². The van der Waals surface area contributed by atoms with Gasteiger partial charge in [-0.2, -0.15) is 5.26 Å². The summed E-state index contributed by atoms with van der Waals surface area (Å²) in [4.78, 5) is 16.4. The quantitative estimate of drug-likeness (QED) is 0.376. The molecule has 10 heteroatoms. The van der Waals surface area contributed by atoms with Gasteiger partial charge in [-0.05, 0) is 48.0 Å². The van der Waals surface area contributed by atoms with E-state index in [0.29, 0.717) is 18.2 Å². The van der Waals surface area contributed by atoms with Gasteiger partial charge in [-0.1, -0.05) is 23.9 Å². The van der Waals surface area contributed by atoms with Gasteiger partial charge >= 0.3 is 0 Å². The molecule has 35 heavy (non-hydrogen) atoms. The summed E-state index contributed by atoms with van der Waals surface area (Å²) in [6.45, 7) is 3.89. The van der Waals surface area contributed by atoms with Crippen LogP contribution in [-0.2, 0) is 11.3 Å². The Kier molecular flexibility index (Phi) is 6.79. The molecule has 0 aliphatic carbocycles. The predicted octanol–water partition coefficient (Wildman–Crippen LogP) is 3.91. The van der Waals surface area contributed by atoms with Gasteiger partial charge < -0.3 is 25.3 Å². The second-order valence-corrected chi connectivity index (χ2v) is 9.05. The van der Waals surface area contributed by atoms with E-state index in [0.717, 1.165) is 47.5 Å². The monoisotopic (exact) mass is 484 g/mol. The van der Waals surface area contributed by atoms with Gasteiger partial charge in [0.1, 0.15) is 11.1 Å². The van der Waals surface area contributed by atoms with Gasteiger partial charge in [0, 0.05) is 42.1 Å². The first-order valence-electron chi connectivity index (χ1n) is 11.2.